The van der Waals surface area contributed by atoms with E-state index in [9.17, 15) is 27.9 Å². The largest absolute Gasteiger partial charge is 0.381 e. The number of amides is 2. The van der Waals surface area contributed by atoms with Crippen molar-refractivity contribution in [2.24, 2.45) is 5.73 Å². The fraction of sp³-hybridized carbons (Fsp3) is 0.190. The highest BCUT2D eigenvalue weighted by Gasteiger charge is 2.29. The molecular weight excluding hydrogens is 413 g/mol. The number of nitrogens with two attached hydrogens (primary N) is 1. The zero-order valence-corrected chi connectivity index (χ0v) is 16.1. The molecule has 0 aliphatic carbocycles. The summed E-state index contributed by atoms with van der Waals surface area (Å²) in [4.78, 5) is 24.5. The van der Waals surface area contributed by atoms with Crippen LogP contribution in [0.4, 0.5) is 13.2 Å². The third-order valence-electron chi connectivity index (χ3n) is 4.56. The number of carbonyl (C=O) groups excluding carboxylic acids is 2. The Labute approximate surface area is 175 Å². The number of benzene rings is 2. The second-order valence-electron chi connectivity index (χ2n) is 6.78. The van der Waals surface area contributed by atoms with Crippen molar-refractivity contribution >= 4 is 11.8 Å². The summed E-state index contributed by atoms with van der Waals surface area (Å²) in [6.07, 6.45) is -0.863. The first-order chi connectivity index (χ1) is 14.8. The highest BCUT2D eigenvalue weighted by atomic mass is 19.3. The molecule has 0 spiro atoms. The summed E-state index contributed by atoms with van der Waals surface area (Å²) < 4.78 is 40.3. The Morgan fingerprint density at radius 3 is 2.45 bits per heavy atom. The molecule has 0 aliphatic heterocycles. The molecule has 2 amide bonds. The number of rotatable bonds is 8. The number of hydrogen-bond donors (Lipinski definition) is 3. The molecular formula is C21H19F3N4O3. The van der Waals surface area contributed by atoms with E-state index in [4.69, 9.17) is 5.73 Å². The van der Waals surface area contributed by atoms with Gasteiger partial charge in [0.05, 0.1) is 11.6 Å². The van der Waals surface area contributed by atoms with Gasteiger partial charge in [-0.2, -0.15) is 13.9 Å². The normalized spacial score (nSPS) is 13.1. The minimum Gasteiger partial charge on any atom is -0.381 e. The first-order valence-electron chi connectivity index (χ1n) is 9.21. The van der Waals surface area contributed by atoms with E-state index in [0.29, 0.717) is 5.56 Å². The standard InChI is InChI=1S/C21H19F3N4O3/c22-14-8-4-7-13(10-14)17-15(11-28(27-17)21(23)24)20(31)26-16(18(29)19(25)30)9-12-5-2-1-3-6-12/h1-8,10-11,16,18,21,29H,9H2,(H2,25,30)(H,26,31). The van der Waals surface area contributed by atoms with Crippen molar-refractivity contribution in [2.75, 3.05) is 0 Å². The highest BCUT2D eigenvalue weighted by Crippen LogP contribution is 2.25. The summed E-state index contributed by atoms with van der Waals surface area (Å²) in [5.41, 5.74) is 5.54. The minimum atomic E-state index is -3.04. The summed E-state index contributed by atoms with van der Waals surface area (Å²) in [6, 6.07) is 12.5. The van der Waals surface area contributed by atoms with Gasteiger partial charge in [-0.3, -0.25) is 9.59 Å². The summed E-state index contributed by atoms with van der Waals surface area (Å²) in [5, 5.41) is 16.3. The van der Waals surface area contributed by atoms with Gasteiger partial charge in [-0.25, -0.2) is 9.07 Å². The quantitative estimate of drug-likeness (QED) is 0.507. The highest BCUT2D eigenvalue weighted by molar-refractivity contribution is 6.00. The lowest BCUT2D eigenvalue weighted by Gasteiger charge is -2.22. The second kappa shape index (κ2) is 9.43. The van der Waals surface area contributed by atoms with Crippen LogP contribution in [0.1, 0.15) is 22.5 Å². The maximum atomic E-state index is 13.6. The van der Waals surface area contributed by atoms with Crippen LogP contribution in [0, 0.1) is 5.82 Å². The van der Waals surface area contributed by atoms with Gasteiger partial charge in [0.2, 0.25) is 5.91 Å². The Morgan fingerprint density at radius 1 is 1.13 bits per heavy atom. The van der Waals surface area contributed by atoms with Crippen LogP contribution in [0.15, 0.2) is 60.8 Å². The summed E-state index contributed by atoms with van der Waals surface area (Å²) >= 11 is 0. The molecule has 1 heterocycles. The van der Waals surface area contributed by atoms with Crippen LogP contribution < -0.4 is 11.1 Å². The number of aromatic nitrogens is 2. The maximum absolute atomic E-state index is 13.6. The number of aliphatic hydroxyl groups excluding tert-OH is 1. The number of nitrogens with zero attached hydrogens (tertiary/aromatic N) is 2. The summed E-state index contributed by atoms with van der Waals surface area (Å²) in [6.45, 7) is -3.04. The Bertz CT molecular complexity index is 1070. The Morgan fingerprint density at radius 2 is 1.84 bits per heavy atom. The van der Waals surface area contributed by atoms with E-state index in [1.807, 2.05) is 0 Å². The first kappa shape index (κ1) is 22.0. The van der Waals surface area contributed by atoms with E-state index in [2.05, 4.69) is 10.4 Å². The van der Waals surface area contributed by atoms with E-state index in [0.717, 1.165) is 18.3 Å². The molecule has 31 heavy (non-hydrogen) atoms. The fourth-order valence-electron chi connectivity index (χ4n) is 3.06. The van der Waals surface area contributed by atoms with Crippen LogP contribution in [-0.4, -0.2) is 38.8 Å². The smallest absolute Gasteiger partial charge is 0.333 e. The molecule has 10 heteroatoms. The number of hydrogen-bond acceptors (Lipinski definition) is 4. The second-order valence-corrected chi connectivity index (χ2v) is 6.78. The van der Waals surface area contributed by atoms with Crippen molar-refractivity contribution in [1.29, 1.82) is 0 Å². The number of halogens is 3. The number of nitrogens with one attached hydrogen (secondary N) is 1. The van der Waals surface area contributed by atoms with Crippen molar-refractivity contribution in [3.05, 3.63) is 77.7 Å². The van der Waals surface area contributed by atoms with Crippen LogP contribution in [0.3, 0.4) is 0 Å². The van der Waals surface area contributed by atoms with E-state index in [1.54, 1.807) is 30.3 Å². The van der Waals surface area contributed by atoms with Gasteiger partial charge in [0.25, 0.3) is 5.91 Å². The molecule has 4 N–H and O–H groups in total. The molecule has 0 aliphatic rings. The van der Waals surface area contributed by atoms with E-state index >= 15 is 0 Å². The topological polar surface area (TPSA) is 110 Å². The third kappa shape index (κ3) is 5.28. The predicted octanol–water partition coefficient (Wildman–Crippen LogP) is 2.27. The zero-order chi connectivity index (χ0) is 22.5. The molecule has 0 fully saturated rings. The van der Waals surface area contributed by atoms with Crippen molar-refractivity contribution in [3.8, 4) is 11.3 Å². The lowest BCUT2D eigenvalue weighted by molar-refractivity contribution is -0.127. The fourth-order valence-corrected chi connectivity index (χ4v) is 3.06. The van der Waals surface area contributed by atoms with Crippen molar-refractivity contribution in [2.45, 2.75) is 25.1 Å². The lowest BCUT2D eigenvalue weighted by atomic mass is 10.00. The maximum Gasteiger partial charge on any atom is 0.333 e. The van der Waals surface area contributed by atoms with Gasteiger partial charge < -0.3 is 16.2 Å². The lowest BCUT2D eigenvalue weighted by Crippen LogP contribution is -2.50. The molecule has 0 saturated carbocycles. The van der Waals surface area contributed by atoms with Gasteiger partial charge in [-0.15, -0.1) is 0 Å². The number of primary amides is 1. The molecule has 1 aromatic heterocycles. The van der Waals surface area contributed by atoms with Crippen LogP contribution >= 0.6 is 0 Å². The molecule has 162 valence electrons. The zero-order valence-electron chi connectivity index (χ0n) is 16.1. The number of carbonyl (C=O) groups is 2. The van der Waals surface area contributed by atoms with Gasteiger partial charge in [-0.05, 0) is 24.1 Å². The van der Waals surface area contributed by atoms with Gasteiger partial charge in [0.1, 0.15) is 11.5 Å². The van der Waals surface area contributed by atoms with Crippen LogP contribution in [0.5, 0.6) is 0 Å². The number of aliphatic hydroxyl groups is 1. The van der Waals surface area contributed by atoms with Crippen LogP contribution in [-0.2, 0) is 11.2 Å². The van der Waals surface area contributed by atoms with Crippen LogP contribution in [0.2, 0.25) is 0 Å². The minimum absolute atomic E-state index is 0.0506. The van der Waals surface area contributed by atoms with Crippen LogP contribution in [0.25, 0.3) is 11.3 Å². The van der Waals surface area contributed by atoms with Gasteiger partial charge in [-0.1, -0.05) is 42.5 Å². The Hall–Kier alpha value is -3.66. The Balaban J connectivity index is 1.95. The van der Waals surface area contributed by atoms with E-state index in [1.165, 1.54) is 12.1 Å². The monoisotopic (exact) mass is 432 g/mol. The molecule has 0 bridgehead atoms. The molecule has 0 radical (unpaired) electrons. The molecule has 7 nitrogen and oxygen atoms in total. The summed E-state index contributed by atoms with van der Waals surface area (Å²) in [5.74, 6) is -2.58. The molecule has 2 aromatic carbocycles. The van der Waals surface area contributed by atoms with Gasteiger partial charge in [0.15, 0.2) is 6.10 Å². The van der Waals surface area contributed by atoms with E-state index in [-0.39, 0.29) is 27.9 Å². The SMILES string of the molecule is NC(=O)C(O)C(Cc1ccccc1)NC(=O)c1cn(C(F)F)nc1-c1cccc(F)c1. The van der Waals surface area contributed by atoms with Gasteiger partial charge in [0, 0.05) is 11.8 Å². The molecule has 0 saturated heterocycles. The molecule has 3 aromatic rings. The number of alkyl halides is 2. The average molecular weight is 432 g/mol. The predicted molar refractivity (Wildman–Crippen MR) is 105 cm³/mol. The van der Waals surface area contributed by atoms with E-state index < -0.39 is 36.3 Å². The van der Waals surface area contributed by atoms with Crippen molar-refractivity contribution < 1.29 is 27.9 Å². The third-order valence-corrected chi connectivity index (χ3v) is 4.56. The summed E-state index contributed by atoms with van der Waals surface area (Å²) in [7, 11) is 0. The van der Waals surface area contributed by atoms with Crippen molar-refractivity contribution in [1.82, 2.24) is 15.1 Å². The molecule has 3 rings (SSSR count). The van der Waals surface area contributed by atoms with Crippen molar-refractivity contribution in [3.63, 3.8) is 0 Å². The Kier molecular flexibility index (Phi) is 6.71. The first-order valence-corrected chi connectivity index (χ1v) is 9.21. The average Bonchev–Trinajstić information content (AvgIpc) is 3.19. The molecule has 2 atom stereocenters. The van der Waals surface area contributed by atoms with Gasteiger partial charge >= 0.3 is 6.55 Å². The molecule has 2 unspecified atom stereocenters.